The van der Waals surface area contributed by atoms with Crippen LogP contribution in [0.2, 0.25) is 5.02 Å². The van der Waals surface area contributed by atoms with E-state index >= 15 is 33.6 Å². The lowest BCUT2D eigenvalue weighted by Gasteiger charge is -2.38. The second-order valence-corrected chi connectivity index (χ2v) is 30.3. The van der Waals surface area contributed by atoms with Gasteiger partial charge in [0.25, 0.3) is 0 Å². The van der Waals surface area contributed by atoms with Crippen molar-refractivity contribution >= 4 is 82.5 Å². The summed E-state index contributed by atoms with van der Waals surface area (Å²) < 4.78 is 5.83. The Morgan fingerprint density at radius 3 is 1.60 bits per heavy atom. The van der Waals surface area contributed by atoms with E-state index in [1.54, 1.807) is 94.1 Å². The van der Waals surface area contributed by atoms with Crippen molar-refractivity contribution in [2.24, 2.45) is 29.6 Å². The second-order valence-electron chi connectivity index (χ2n) is 29.9. The fourth-order valence-corrected chi connectivity index (χ4v) is 13.3. The van der Waals surface area contributed by atoms with E-state index in [0.29, 0.717) is 48.5 Å². The largest absolute Gasteiger partial charge is 0.391 e. The van der Waals surface area contributed by atoms with Crippen LogP contribution in [-0.4, -0.2) is 263 Å². The quantitative estimate of drug-likeness (QED) is 0.0997. The highest BCUT2D eigenvalue weighted by atomic mass is 35.5. The summed E-state index contributed by atoms with van der Waals surface area (Å²) in [5, 5.41) is 36.0. The molecule has 2 heterocycles. The molecule has 2 aromatic rings. The van der Waals surface area contributed by atoms with Crippen LogP contribution in [0.3, 0.4) is 0 Å². The summed E-state index contributed by atoms with van der Waals surface area (Å²) in [6.07, 6.45) is -0.963. The van der Waals surface area contributed by atoms with Crippen LogP contribution in [0, 0.1) is 29.6 Å². The Hall–Kier alpha value is -7.75. The Balaban J connectivity index is 2.02. The van der Waals surface area contributed by atoms with Crippen molar-refractivity contribution in [2.75, 3.05) is 74.6 Å². The summed E-state index contributed by atoms with van der Waals surface area (Å²) >= 11 is 6.51. The topological polar surface area (TPSA) is 337 Å². The minimum atomic E-state index is -1.68. The van der Waals surface area contributed by atoms with Crippen LogP contribution in [0.5, 0.6) is 0 Å². The molecule has 0 bridgehead atoms. The second kappa shape index (κ2) is 41.7. The van der Waals surface area contributed by atoms with E-state index in [1.165, 1.54) is 58.9 Å². The predicted octanol–water partition coefficient (Wildman–Crippen LogP) is 3.57. The van der Waals surface area contributed by atoms with Crippen LogP contribution < -0.4 is 26.6 Å². The summed E-state index contributed by atoms with van der Waals surface area (Å²) in [7, 11) is 6.87. The van der Waals surface area contributed by atoms with Gasteiger partial charge in [0, 0.05) is 72.7 Å². The van der Waals surface area contributed by atoms with Gasteiger partial charge < -0.3 is 75.8 Å². The number of hydrogen-bond donors (Lipinski definition) is 7. The number of ether oxygens (including phenoxy) is 1. The lowest BCUT2D eigenvalue weighted by molar-refractivity contribution is -0.151. The molecule has 2 aliphatic heterocycles. The number of aliphatic hydroxyl groups excluding tert-OH is 2. The van der Waals surface area contributed by atoms with Crippen LogP contribution in [0.4, 0.5) is 0 Å². The number of likely N-dealkylation sites (tertiary alicyclic amines) is 1. The summed E-state index contributed by atoms with van der Waals surface area (Å²) in [5.41, 5.74) is 1.13. The maximum Gasteiger partial charge on any atom is 0.248 e. The number of aliphatic hydroxyl groups is 2. The van der Waals surface area contributed by atoms with Gasteiger partial charge in [-0.05, 0) is 112 Å². The van der Waals surface area contributed by atoms with Gasteiger partial charge in [-0.15, -0.1) is 0 Å². The molecule has 12 amide bonds. The van der Waals surface area contributed by atoms with E-state index in [-0.39, 0.29) is 63.0 Å². The average Bonchev–Trinajstić information content (AvgIpc) is 0.821. The first-order valence-corrected chi connectivity index (χ1v) is 36.8. The van der Waals surface area contributed by atoms with Crippen molar-refractivity contribution in [1.29, 1.82) is 0 Å². The normalized spacial score (nSPS) is 25.0. The fraction of sp³-hybridized carbons (Fsp3) is 0.680. The molecular weight excluding hydrogens is 1340 g/mol. The molecule has 0 radical (unpaired) electrons. The van der Waals surface area contributed by atoms with Crippen molar-refractivity contribution < 1.29 is 72.5 Å². The number of nitrogens with one attached hydrogen (secondary N) is 5. The molecule has 0 spiro atoms. The number of carbonyl (C=O) groups is 12. The Morgan fingerprint density at radius 2 is 1.06 bits per heavy atom. The number of likely N-dealkylation sites (N-methyl/N-ethyl adjacent to an activating group) is 5. The van der Waals surface area contributed by atoms with Crippen molar-refractivity contribution in [3.63, 3.8) is 0 Å². The van der Waals surface area contributed by atoms with Gasteiger partial charge in [0.1, 0.15) is 60.4 Å². The van der Waals surface area contributed by atoms with E-state index in [0.717, 1.165) is 26.0 Å². The summed E-state index contributed by atoms with van der Waals surface area (Å²) in [6, 6.07) is 1.17. The number of halogens is 1. The molecule has 7 N–H and O–H groups in total. The molecule has 103 heavy (non-hydrogen) atoms. The standard InChI is InChI=1S/C75H119ClN12O15/c1-19-31-88-41-62(92)82(14)57(35-45(4)5)66(93)79-56(43-103-42-49(12)89)71(98)85(17)60(39-52-29-26-30-53(76)37-52)73(100)86(18)65(48(10)11)69(96)78-55(72(99)87-32-24-21-25-33-87)40-61(91)80-63(47(8)9)74(101)84(16)59(38-51-27-22-20-23-28-51)67(94)77-54(34-44(2)3)70(97)83(15)58(36-46(6)7)68(95)81-64(50(13)90)75(88)102/h20,22-23,26-30,37,44-50,54-60,63-65,89-90H,19,21,24-25,31-36,38-43H2,1-18H3,(H,77,94)(H,78,96)(H,79,93)(H,80,91)(H,81,95)/t49-,50?,54-,55-,56-,57-,58-,59-,60-,63+,64-,65-/m0/s1. The van der Waals surface area contributed by atoms with Crippen molar-refractivity contribution in [3.05, 3.63) is 70.7 Å². The van der Waals surface area contributed by atoms with Gasteiger partial charge in [-0.2, -0.15) is 0 Å². The first kappa shape index (κ1) is 87.7. The van der Waals surface area contributed by atoms with Gasteiger partial charge >= 0.3 is 0 Å². The number of nitrogens with zero attached hydrogens (tertiary/aromatic N) is 7. The highest BCUT2D eigenvalue weighted by Gasteiger charge is 2.44. The van der Waals surface area contributed by atoms with Gasteiger partial charge in [-0.1, -0.05) is 130 Å². The Kier molecular flexibility index (Phi) is 35.5. The molecule has 28 heteroatoms. The monoisotopic (exact) mass is 1460 g/mol. The fourth-order valence-electron chi connectivity index (χ4n) is 13.1. The molecular formula is C75H119ClN12O15. The summed E-state index contributed by atoms with van der Waals surface area (Å²) in [5.74, 6) is -11.3. The zero-order chi connectivity index (χ0) is 77.4. The number of hydrogen-bond acceptors (Lipinski definition) is 15. The Morgan fingerprint density at radius 1 is 0.534 bits per heavy atom. The molecule has 2 aromatic carbocycles. The molecule has 0 aliphatic carbocycles. The molecule has 0 aromatic heterocycles. The predicted molar refractivity (Wildman–Crippen MR) is 392 cm³/mol. The van der Waals surface area contributed by atoms with Crippen molar-refractivity contribution in [3.8, 4) is 0 Å². The molecule has 27 nitrogen and oxygen atoms in total. The highest BCUT2D eigenvalue weighted by molar-refractivity contribution is 6.30. The van der Waals surface area contributed by atoms with Crippen LogP contribution in [-0.2, 0) is 75.1 Å². The van der Waals surface area contributed by atoms with Crippen molar-refractivity contribution in [1.82, 2.24) is 60.9 Å². The zero-order valence-corrected chi connectivity index (χ0v) is 64.8. The first-order chi connectivity index (χ1) is 48.3. The van der Waals surface area contributed by atoms with Gasteiger partial charge in [0.2, 0.25) is 70.9 Å². The molecule has 2 aliphatic rings. The van der Waals surface area contributed by atoms with Gasteiger partial charge in [0.05, 0.1) is 38.4 Å². The Bertz CT molecular complexity index is 3180. The van der Waals surface area contributed by atoms with E-state index in [1.807, 2.05) is 41.5 Å². The Labute approximate surface area is 614 Å². The molecule has 0 saturated carbocycles. The first-order valence-electron chi connectivity index (χ1n) is 36.4. The van der Waals surface area contributed by atoms with Gasteiger partial charge in [-0.3, -0.25) is 57.5 Å². The zero-order valence-electron chi connectivity index (χ0n) is 64.0. The molecule has 576 valence electrons. The van der Waals surface area contributed by atoms with E-state index in [4.69, 9.17) is 16.3 Å². The third-order valence-corrected chi connectivity index (χ3v) is 19.1. The van der Waals surface area contributed by atoms with Crippen LogP contribution in [0.25, 0.3) is 0 Å². The molecule has 2 saturated heterocycles. The van der Waals surface area contributed by atoms with Crippen LogP contribution in [0.15, 0.2) is 54.6 Å². The number of rotatable bonds is 20. The average molecular weight is 1460 g/mol. The number of piperidine rings is 1. The minimum Gasteiger partial charge on any atom is -0.391 e. The smallest absolute Gasteiger partial charge is 0.248 e. The lowest BCUT2D eigenvalue weighted by Crippen LogP contribution is -2.62. The van der Waals surface area contributed by atoms with Crippen LogP contribution >= 0.6 is 11.6 Å². The molecule has 2 fully saturated rings. The maximum absolute atomic E-state index is 15.6. The number of benzene rings is 2. The van der Waals surface area contributed by atoms with E-state index in [9.17, 15) is 34.2 Å². The van der Waals surface area contributed by atoms with Gasteiger partial charge in [-0.25, -0.2) is 0 Å². The maximum atomic E-state index is 15.6. The lowest BCUT2D eigenvalue weighted by atomic mass is 9.96. The number of carbonyl (C=O) groups excluding carboxylic acids is 12. The third kappa shape index (κ3) is 26.1. The summed E-state index contributed by atoms with van der Waals surface area (Å²) in [4.78, 5) is 189. The molecule has 12 atom stereocenters. The van der Waals surface area contributed by atoms with Crippen LogP contribution in [0.1, 0.15) is 153 Å². The third-order valence-electron chi connectivity index (χ3n) is 18.8. The summed E-state index contributed by atoms with van der Waals surface area (Å²) in [6.45, 7) is 21.3. The molecule has 4 rings (SSSR count). The van der Waals surface area contributed by atoms with E-state index < -0.39 is 175 Å². The minimum absolute atomic E-state index is 0.0244. The molecule has 1 unspecified atom stereocenters. The SMILES string of the molecule is CCCN1CC(=O)N(C)[C@@H](CC(C)C)C(=O)N[C@@H](COC[C@H](C)O)C(=O)N(C)[C@@H](Cc2cccc(Cl)c2)C(=O)N(C)[C@@H](C(C)C)C(=O)N[C@H](C(=O)N2CCCCC2)CC(=O)N[C@H](C(C)C)C(=O)N(C)[C@@H](Cc2ccccc2)C(=O)N[C@@H](CC(C)C)C(=O)N(C)[C@@H](CC(C)C)C(=O)N[C@@H](C(C)O)C1=O. The highest BCUT2D eigenvalue weighted by Crippen LogP contribution is 2.24. The van der Waals surface area contributed by atoms with Crippen molar-refractivity contribution in [2.45, 2.75) is 227 Å². The van der Waals surface area contributed by atoms with Gasteiger partial charge in [0.15, 0.2) is 0 Å². The van der Waals surface area contributed by atoms with E-state index in [2.05, 4.69) is 26.6 Å². The number of amides is 12.